The maximum absolute atomic E-state index is 11.9. The summed E-state index contributed by atoms with van der Waals surface area (Å²) in [4.78, 5) is 23.7. The van der Waals surface area contributed by atoms with Gasteiger partial charge in [0.15, 0.2) is 0 Å². The molecule has 2 rings (SSSR count). The van der Waals surface area contributed by atoms with E-state index in [4.69, 9.17) is 10.5 Å². The van der Waals surface area contributed by atoms with E-state index in [0.29, 0.717) is 48.2 Å². The molecule has 2 aromatic carbocycles. The van der Waals surface area contributed by atoms with Gasteiger partial charge in [0.25, 0.3) is 0 Å². The van der Waals surface area contributed by atoms with E-state index in [1.807, 2.05) is 12.1 Å². The summed E-state index contributed by atoms with van der Waals surface area (Å²) < 4.78 is 0. The quantitative estimate of drug-likeness (QED) is 0.747. The molecule has 0 aliphatic heterocycles. The van der Waals surface area contributed by atoms with E-state index in [1.54, 1.807) is 48.5 Å². The molecule has 0 spiro atoms. The molecule has 0 unspecified atom stereocenters. The van der Waals surface area contributed by atoms with Crippen LogP contribution in [0.3, 0.4) is 0 Å². The van der Waals surface area contributed by atoms with Gasteiger partial charge in [-0.05, 0) is 61.4 Å². The molecular weight excluding hydrogens is 328 g/mol. The average Bonchev–Trinajstić information content (AvgIpc) is 2.66. The lowest BCUT2D eigenvalue weighted by molar-refractivity contribution is -0.118. The third kappa shape index (κ3) is 6.10. The smallest absolute Gasteiger partial charge is 0.224 e. The zero-order chi connectivity index (χ0) is 18.8. The molecule has 0 fully saturated rings. The van der Waals surface area contributed by atoms with Crippen molar-refractivity contribution in [2.24, 2.45) is 0 Å². The second-order valence-corrected chi connectivity index (χ2v) is 5.68. The van der Waals surface area contributed by atoms with Crippen LogP contribution in [0, 0.1) is 22.7 Å². The Hall–Kier alpha value is -3.64. The fourth-order valence-electron chi connectivity index (χ4n) is 2.27. The molecule has 0 radical (unpaired) electrons. The number of hydrogen-bond acceptors (Lipinski definition) is 4. The summed E-state index contributed by atoms with van der Waals surface area (Å²) in [6.07, 6.45) is 1.85. The van der Waals surface area contributed by atoms with Gasteiger partial charge in [-0.25, -0.2) is 0 Å². The molecule has 0 saturated carbocycles. The number of rotatable bonds is 7. The molecule has 0 aliphatic rings. The van der Waals surface area contributed by atoms with Crippen molar-refractivity contribution in [3.05, 3.63) is 59.7 Å². The van der Waals surface area contributed by atoms with Gasteiger partial charge < -0.3 is 10.6 Å². The number of benzene rings is 2. The molecule has 6 heteroatoms. The topological polar surface area (TPSA) is 106 Å². The lowest BCUT2D eigenvalue weighted by Crippen LogP contribution is -2.13. The number of unbranched alkanes of at least 4 members (excludes halogenated alkanes) is 1. The van der Waals surface area contributed by atoms with Crippen LogP contribution in [0.5, 0.6) is 0 Å². The Morgan fingerprint density at radius 2 is 1.04 bits per heavy atom. The van der Waals surface area contributed by atoms with Crippen LogP contribution in [-0.4, -0.2) is 11.8 Å². The van der Waals surface area contributed by atoms with E-state index in [1.165, 1.54) is 0 Å². The third-order valence-corrected chi connectivity index (χ3v) is 3.65. The van der Waals surface area contributed by atoms with Crippen LogP contribution in [0.15, 0.2) is 48.5 Å². The molecule has 0 heterocycles. The summed E-state index contributed by atoms with van der Waals surface area (Å²) in [6.45, 7) is 0. The van der Waals surface area contributed by atoms with Crippen LogP contribution in [-0.2, 0) is 9.59 Å². The molecule has 6 nitrogen and oxygen atoms in total. The van der Waals surface area contributed by atoms with E-state index < -0.39 is 0 Å². The molecule has 26 heavy (non-hydrogen) atoms. The monoisotopic (exact) mass is 346 g/mol. The van der Waals surface area contributed by atoms with Crippen LogP contribution < -0.4 is 10.6 Å². The van der Waals surface area contributed by atoms with Gasteiger partial charge in [0.2, 0.25) is 11.8 Å². The largest absolute Gasteiger partial charge is 0.326 e. The zero-order valence-corrected chi connectivity index (χ0v) is 14.2. The first-order valence-electron chi connectivity index (χ1n) is 8.21. The van der Waals surface area contributed by atoms with Crippen molar-refractivity contribution in [3.8, 4) is 12.1 Å². The number of carbonyl (C=O) groups excluding carboxylic acids is 2. The Morgan fingerprint density at radius 1 is 0.692 bits per heavy atom. The van der Waals surface area contributed by atoms with Crippen molar-refractivity contribution >= 4 is 23.2 Å². The van der Waals surface area contributed by atoms with Gasteiger partial charge >= 0.3 is 0 Å². The fraction of sp³-hybridized carbons (Fsp3) is 0.200. The second-order valence-electron chi connectivity index (χ2n) is 5.68. The lowest BCUT2D eigenvalue weighted by atomic mass is 10.1. The minimum absolute atomic E-state index is 0.123. The van der Waals surface area contributed by atoms with Crippen molar-refractivity contribution < 1.29 is 9.59 Å². The predicted molar refractivity (Wildman–Crippen MR) is 98.0 cm³/mol. The SMILES string of the molecule is N#Cc1ccc(NC(=O)CCCCC(=O)Nc2ccc(C#N)cc2)cc1. The van der Waals surface area contributed by atoms with E-state index in [0.717, 1.165) is 0 Å². The summed E-state index contributed by atoms with van der Waals surface area (Å²) in [6, 6.07) is 17.3. The van der Waals surface area contributed by atoms with E-state index in [9.17, 15) is 9.59 Å². The Labute approximate surface area is 152 Å². The van der Waals surface area contributed by atoms with Crippen LogP contribution in [0.1, 0.15) is 36.8 Å². The highest BCUT2D eigenvalue weighted by molar-refractivity contribution is 5.91. The van der Waals surface area contributed by atoms with Crippen molar-refractivity contribution in [2.75, 3.05) is 10.6 Å². The summed E-state index contributed by atoms with van der Waals surface area (Å²) in [5, 5.41) is 23.0. The number of nitrogens with one attached hydrogen (secondary N) is 2. The van der Waals surface area contributed by atoms with E-state index in [-0.39, 0.29) is 11.8 Å². The molecule has 0 atom stereocenters. The maximum Gasteiger partial charge on any atom is 0.224 e. The summed E-state index contributed by atoms with van der Waals surface area (Å²) in [5.74, 6) is -0.246. The first kappa shape index (κ1) is 18.7. The van der Waals surface area contributed by atoms with Crippen LogP contribution in [0.2, 0.25) is 0 Å². The average molecular weight is 346 g/mol. The molecule has 2 N–H and O–H groups in total. The highest BCUT2D eigenvalue weighted by Crippen LogP contribution is 2.12. The Balaban J connectivity index is 1.65. The maximum atomic E-state index is 11.9. The van der Waals surface area contributed by atoms with Crippen molar-refractivity contribution in [2.45, 2.75) is 25.7 Å². The minimum Gasteiger partial charge on any atom is -0.326 e. The number of nitrogens with zero attached hydrogens (tertiary/aromatic N) is 2. The van der Waals surface area contributed by atoms with Gasteiger partial charge in [-0.1, -0.05) is 0 Å². The van der Waals surface area contributed by atoms with E-state index in [2.05, 4.69) is 10.6 Å². The predicted octanol–water partition coefficient (Wildman–Crippen LogP) is 3.57. The Kier molecular flexibility index (Phi) is 6.91. The summed E-state index contributed by atoms with van der Waals surface area (Å²) in [7, 11) is 0. The summed E-state index contributed by atoms with van der Waals surface area (Å²) >= 11 is 0. The Morgan fingerprint density at radius 3 is 1.35 bits per heavy atom. The van der Waals surface area contributed by atoms with Crippen molar-refractivity contribution in [1.29, 1.82) is 10.5 Å². The normalized spacial score (nSPS) is 9.62. The Bertz CT molecular complexity index is 770. The molecule has 2 aromatic rings. The van der Waals surface area contributed by atoms with Crippen LogP contribution in [0.4, 0.5) is 11.4 Å². The minimum atomic E-state index is -0.123. The number of amides is 2. The fourth-order valence-corrected chi connectivity index (χ4v) is 2.27. The van der Waals surface area contributed by atoms with E-state index >= 15 is 0 Å². The van der Waals surface area contributed by atoms with Crippen LogP contribution in [0.25, 0.3) is 0 Å². The number of hydrogen-bond donors (Lipinski definition) is 2. The molecule has 0 aliphatic carbocycles. The first-order chi connectivity index (χ1) is 12.6. The zero-order valence-electron chi connectivity index (χ0n) is 14.2. The lowest BCUT2D eigenvalue weighted by Gasteiger charge is -2.06. The van der Waals surface area contributed by atoms with Crippen molar-refractivity contribution in [3.63, 3.8) is 0 Å². The molecule has 0 aromatic heterocycles. The molecule has 0 saturated heterocycles. The summed E-state index contributed by atoms with van der Waals surface area (Å²) in [5.41, 5.74) is 2.37. The van der Waals surface area contributed by atoms with Crippen molar-refractivity contribution in [1.82, 2.24) is 0 Å². The van der Waals surface area contributed by atoms with Gasteiger partial charge in [-0.15, -0.1) is 0 Å². The highest BCUT2D eigenvalue weighted by Gasteiger charge is 2.06. The van der Waals surface area contributed by atoms with Gasteiger partial charge in [-0.2, -0.15) is 10.5 Å². The van der Waals surface area contributed by atoms with Gasteiger partial charge in [0.05, 0.1) is 23.3 Å². The van der Waals surface area contributed by atoms with Gasteiger partial charge in [0, 0.05) is 24.2 Å². The number of nitriles is 2. The molecule has 0 bridgehead atoms. The standard InChI is InChI=1S/C20H18N4O2/c21-13-15-5-9-17(10-6-15)23-19(25)3-1-2-4-20(26)24-18-11-7-16(14-22)8-12-18/h5-12H,1-4H2,(H,23,25)(H,24,26). The number of carbonyl (C=O) groups is 2. The third-order valence-electron chi connectivity index (χ3n) is 3.65. The molecule has 130 valence electrons. The second kappa shape index (κ2) is 9.61. The van der Waals surface area contributed by atoms with Gasteiger partial charge in [-0.3, -0.25) is 9.59 Å². The molecule has 2 amide bonds. The van der Waals surface area contributed by atoms with Crippen LogP contribution >= 0.6 is 0 Å². The first-order valence-corrected chi connectivity index (χ1v) is 8.21. The van der Waals surface area contributed by atoms with Gasteiger partial charge in [0.1, 0.15) is 0 Å². The number of anilines is 2. The molecular formula is C20H18N4O2. The highest BCUT2D eigenvalue weighted by atomic mass is 16.2.